The predicted octanol–water partition coefficient (Wildman–Crippen LogP) is 4.42. The monoisotopic (exact) mass is 715 g/mol. The van der Waals surface area contributed by atoms with Crippen LogP contribution in [-0.4, -0.2) is 75.2 Å². The molecule has 49 heavy (non-hydrogen) atoms. The van der Waals surface area contributed by atoms with Gasteiger partial charge in [-0.3, -0.25) is 19.1 Å². The number of nitrogens with zero attached hydrogens (tertiary/aromatic N) is 3. The number of aromatic nitrogens is 2. The molecule has 1 saturated carbocycles. The van der Waals surface area contributed by atoms with E-state index < -0.39 is 32.7 Å². The number of hydrogen-bond acceptors (Lipinski definition) is 11. The van der Waals surface area contributed by atoms with Crippen LogP contribution < -0.4 is 9.64 Å². The Hall–Kier alpha value is -4.12. The fourth-order valence-corrected chi connectivity index (χ4v) is 7.69. The van der Waals surface area contributed by atoms with E-state index in [-0.39, 0.29) is 53.3 Å². The highest BCUT2D eigenvalue weighted by atomic mass is 35.5. The molecule has 1 saturated heterocycles. The predicted molar refractivity (Wildman–Crippen MR) is 180 cm³/mol. The average Bonchev–Trinajstić information content (AvgIpc) is 3.70. The van der Waals surface area contributed by atoms with Gasteiger partial charge in [0.25, 0.3) is 9.84 Å². The number of hydrogen-bond donors (Lipinski definition) is 0. The van der Waals surface area contributed by atoms with Crippen LogP contribution in [0, 0.1) is 34.3 Å². The summed E-state index contributed by atoms with van der Waals surface area (Å²) in [5.74, 6) is 4.45. The third-order valence-electron chi connectivity index (χ3n) is 9.11. The van der Waals surface area contributed by atoms with E-state index in [1.807, 2.05) is 6.08 Å². The number of likely N-dealkylation sites (tertiary alicyclic amines) is 1. The molecule has 0 radical (unpaired) electrons. The Labute approximate surface area is 292 Å². The van der Waals surface area contributed by atoms with Gasteiger partial charge in [-0.25, -0.2) is 8.42 Å². The Kier molecular flexibility index (Phi) is 13.1. The second-order valence-electron chi connectivity index (χ2n) is 12.5. The molecular formula is C35H42ClN3O9S. The number of carbonyl (C=O) groups excluding carboxylic acids is 2. The van der Waals surface area contributed by atoms with Gasteiger partial charge in [0, 0.05) is 25.5 Å². The fourth-order valence-electron chi connectivity index (χ4n) is 6.21. The number of allylic oxidation sites excluding steroid dienone is 2. The summed E-state index contributed by atoms with van der Waals surface area (Å²) in [6, 6.07) is 7.26. The molecule has 0 spiro atoms. The van der Waals surface area contributed by atoms with Crippen molar-refractivity contribution in [1.29, 1.82) is 0 Å². The largest absolute Gasteiger partial charge is 0.461 e. The van der Waals surface area contributed by atoms with Crippen molar-refractivity contribution in [2.75, 3.05) is 38.7 Å². The molecule has 2 aliphatic rings. The Morgan fingerprint density at radius 2 is 1.88 bits per heavy atom. The number of carbonyl (C=O) groups is 2. The average molecular weight is 716 g/mol. The summed E-state index contributed by atoms with van der Waals surface area (Å²) in [6.07, 6.45) is 5.16. The van der Waals surface area contributed by atoms with Crippen LogP contribution in [0.4, 0.5) is 0 Å². The van der Waals surface area contributed by atoms with E-state index in [0.717, 1.165) is 43.5 Å². The Bertz CT molecular complexity index is 1700. The van der Waals surface area contributed by atoms with Crippen molar-refractivity contribution in [3.8, 4) is 17.7 Å². The topological polar surface area (TPSA) is 152 Å². The zero-order valence-electron chi connectivity index (χ0n) is 27.6. The molecule has 0 bridgehead atoms. The summed E-state index contributed by atoms with van der Waals surface area (Å²) >= 11 is 6.15. The maximum atomic E-state index is 12.8. The van der Waals surface area contributed by atoms with Crippen LogP contribution in [0.25, 0.3) is 0 Å². The lowest BCUT2D eigenvalue weighted by atomic mass is 9.61. The minimum Gasteiger partial charge on any atom is -0.461 e. The molecule has 4 rings (SSSR count). The van der Waals surface area contributed by atoms with E-state index in [4.69, 9.17) is 25.8 Å². The molecule has 14 heteroatoms. The number of rotatable bonds is 15. The quantitative estimate of drug-likeness (QED) is 0.0847. The number of esters is 2. The molecule has 0 amide bonds. The zero-order chi connectivity index (χ0) is 35.6. The molecule has 264 valence electrons. The molecule has 1 aromatic heterocycles. The number of sulfone groups is 1. The summed E-state index contributed by atoms with van der Waals surface area (Å²) in [5, 5.41) is 14.5. The highest BCUT2D eigenvalue weighted by molar-refractivity contribution is 7.91. The van der Waals surface area contributed by atoms with Gasteiger partial charge in [0.05, 0.1) is 22.9 Å². The minimum absolute atomic E-state index is 0.0178. The fraction of sp³-hybridized carbons (Fsp3) is 0.486. The maximum Gasteiger partial charge on any atom is 0.415 e. The molecule has 4 atom stereocenters. The highest BCUT2D eigenvalue weighted by Crippen LogP contribution is 2.49. The molecule has 2 heterocycles. The Morgan fingerprint density at radius 3 is 2.59 bits per heavy atom. The van der Waals surface area contributed by atoms with Gasteiger partial charge in [0.2, 0.25) is 0 Å². The molecule has 2 aromatic rings. The lowest BCUT2D eigenvalue weighted by molar-refractivity contribution is -0.832. The number of ether oxygens (including phenoxy) is 3. The standard InChI is InChI=1S/C35H42ClN3O9S/c1-5-35(4)17-15-27(21-30(35)25(2)22-36)26(3)23-38-18-16-28(24-38)47-32(41)14-13-31(40)45-19-9-10-20-46-33-34(39(42)48-37-33)49(43,44)29-11-7-6-8-12-29/h5-8,11-12,27-28,30H,1-3,13-24H2,4H3/t27-,28+,30+,35-/m1/s1. The first-order valence-electron chi connectivity index (χ1n) is 16.0. The number of benzene rings is 1. The van der Waals surface area contributed by atoms with Crippen molar-refractivity contribution in [3.05, 3.63) is 72.5 Å². The van der Waals surface area contributed by atoms with Gasteiger partial charge in [0.15, 0.2) is 13.2 Å². The zero-order valence-corrected chi connectivity index (χ0v) is 29.2. The lowest BCUT2D eigenvalue weighted by Crippen LogP contribution is -2.36. The van der Waals surface area contributed by atoms with Gasteiger partial charge in [-0.05, 0) is 60.0 Å². The van der Waals surface area contributed by atoms with Crippen LogP contribution in [0.5, 0.6) is 5.88 Å². The summed E-state index contributed by atoms with van der Waals surface area (Å²) in [6.45, 7) is 16.4. The Balaban J connectivity index is 1.13. The van der Waals surface area contributed by atoms with E-state index in [2.05, 4.69) is 53.2 Å². The van der Waals surface area contributed by atoms with E-state index in [1.165, 1.54) is 24.3 Å². The van der Waals surface area contributed by atoms with Crippen LogP contribution in [0.1, 0.15) is 45.4 Å². The van der Waals surface area contributed by atoms with Crippen molar-refractivity contribution in [2.45, 2.75) is 61.5 Å². The smallest absolute Gasteiger partial charge is 0.415 e. The second kappa shape index (κ2) is 17.0. The van der Waals surface area contributed by atoms with Gasteiger partial charge in [-0.2, -0.15) is 0 Å². The van der Waals surface area contributed by atoms with Gasteiger partial charge >= 0.3 is 22.8 Å². The van der Waals surface area contributed by atoms with Crippen LogP contribution in [0.15, 0.2) is 81.8 Å². The van der Waals surface area contributed by atoms with Crippen LogP contribution in [0.2, 0.25) is 0 Å². The molecule has 1 aliphatic heterocycles. The normalized spacial score (nSPS) is 22.4. The highest BCUT2D eigenvalue weighted by Gasteiger charge is 2.40. The van der Waals surface area contributed by atoms with Gasteiger partial charge in [0.1, 0.15) is 6.10 Å². The van der Waals surface area contributed by atoms with Crippen molar-refractivity contribution in [3.63, 3.8) is 0 Å². The lowest BCUT2D eigenvalue weighted by Gasteiger charge is -2.44. The van der Waals surface area contributed by atoms with Gasteiger partial charge < -0.3 is 19.4 Å². The minimum atomic E-state index is -4.26. The summed E-state index contributed by atoms with van der Waals surface area (Å²) in [4.78, 5) is 26.4. The van der Waals surface area contributed by atoms with Crippen molar-refractivity contribution in [1.82, 2.24) is 10.1 Å². The maximum absolute atomic E-state index is 12.8. The van der Waals surface area contributed by atoms with Crippen LogP contribution >= 0.6 is 11.6 Å². The first kappa shape index (κ1) is 37.7. The molecule has 1 aliphatic carbocycles. The first-order valence-corrected chi connectivity index (χ1v) is 18.0. The summed E-state index contributed by atoms with van der Waals surface area (Å²) in [7, 11) is -4.26. The van der Waals surface area contributed by atoms with Crippen molar-refractivity contribution in [2.24, 2.45) is 17.3 Å². The van der Waals surface area contributed by atoms with E-state index in [0.29, 0.717) is 24.8 Å². The summed E-state index contributed by atoms with van der Waals surface area (Å²) in [5.41, 5.74) is 2.18. The molecule has 2 fully saturated rings. The van der Waals surface area contributed by atoms with Gasteiger partial charge in [-0.15, -0.1) is 18.2 Å². The third-order valence-corrected chi connectivity index (χ3v) is 11.2. The van der Waals surface area contributed by atoms with Gasteiger partial charge in [-0.1, -0.05) is 67.3 Å². The van der Waals surface area contributed by atoms with Crippen LogP contribution in [-0.2, 0) is 28.9 Å². The van der Waals surface area contributed by atoms with E-state index in [1.54, 1.807) is 6.07 Å². The first-order chi connectivity index (χ1) is 23.4. The van der Waals surface area contributed by atoms with Crippen LogP contribution in [0.3, 0.4) is 0 Å². The number of alkyl halides is 1. The van der Waals surface area contributed by atoms with E-state index in [9.17, 15) is 23.2 Å². The van der Waals surface area contributed by atoms with E-state index >= 15 is 0 Å². The number of halogens is 1. The molecular weight excluding hydrogens is 674 g/mol. The molecule has 0 unspecified atom stereocenters. The molecule has 1 aromatic carbocycles. The SMILES string of the molecule is C=C[C@]1(C)CC[C@@H](C(=C)CN2CC[C@H](OC(=O)CCC(=O)OCC#CCOc3no[n+]([O-])c3S(=O)(=O)c3ccccc3)C2)C[C@H]1C(=C)CCl. The Morgan fingerprint density at radius 1 is 1.16 bits per heavy atom. The molecule has 0 N–H and O–H groups in total. The molecule has 12 nitrogen and oxygen atoms in total. The van der Waals surface area contributed by atoms with Crippen molar-refractivity contribution >= 4 is 33.4 Å². The second-order valence-corrected chi connectivity index (χ2v) is 14.6. The third kappa shape index (κ3) is 9.74. The van der Waals surface area contributed by atoms with Crippen molar-refractivity contribution < 1.29 is 41.7 Å². The summed E-state index contributed by atoms with van der Waals surface area (Å²) < 4.78 is 45.8.